The molecule has 1 saturated heterocycles. The van der Waals surface area contributed by atoms with Crippen LogP contribution in [0.5, 0.6) is 0 Å². The number of allylic oxidation sites excluding steroid dienone is 2. The summed E-state index contributed by atoms with van der Waals surface area (Å²) < 4.78 is 0. The van der Waals surface area contributed by atoms with E-state index in [4.69, 9.17) is 0 Å². The number of benzene rings is 1. The predicted octanol–water partition coefficient (Wildman–Crippen LogP) is 1.07. The van der Waals surface area contributed by atoms with Crippen LogP contribution in [-0.4, -0.2) is 21.9 Å². The standard InChI is InChI=1S/C13H9N3O4S/c17-11-10(12(18)15-13(21)14-11)3-1-2-8-4-6-9(7-5-8)16(19)20/h1-7H,(H2,14,15,17,18,21)/b2-1+. The van der Waals surface area contributed by atoms with E-state index in [1.807, 2.05) is 0 Å². The van der Waals surface area contributed by atoms with Gasteiger partial charge in [0.2, 0.25) is 0 Å². The van der Waals surface area contributed by atoms with E-state index in [0.29, 0.717) is 5.56 Å². The van der Waals surface area contributed by atoms with Crippen LogP contribution in [0, 0.1) is 10.1 Å². The summed E-state index contributed by atoms with van der Waals surface area (Å²) in [5.74, 6) is -1.14. The highest BCUT2D eigenvalue weighted by atomic mass is 32.1. The summed E-state index contributed by atoms with van der Waals surface area (Å²) >= 11 is 4.67. The Hall–Kier alpha value is -2.87. The van der Waals surface area contributed by atoms with E-state index in [2.05, 4.69) is 22.9 Å². The van der Waals surface area contributed by atoms with E-state index >= 15 is 0 Å². The van der Waals surface area contributed by atoms with Gasteiger partial charge in [-0.1, -0.05) is 12.2 Å². The third-order valence-corrected chi connectivity index (χ3v) is 2.80. The highest BCUT2D eigenvalue weighted by Crippen LogP contribution is 2.13. The van der Waals surface area contributed by atoms with Crippen LogP contribution >= 0.6 is 12.2 Å². The summed E-state index contributed by atoms with van der Waals surface area (Å²) in [7, 11) is 0. The lowest BCUT2D eigenvalue weighted by molar-refractivity contribution is -0.384. The molecule has 0 radical (unpaired) electrons. The van der Waals surface area contributed by atoms with Crippen molar-refractivity contribution < 1.29 is 14.5 Å². The molecular formula is C13H9N3O4S. The number of amides is 2. The van der Waals surface area contributed by atoms with Crippen LogP contribution < -0.4 is 10.6 Å². The molecule has 8 heteroatoms. The quantitative estimate of drug-likeness (QED) is 0.286. The molecule has 0 aromatic heterocycles. The molecule has 0 saturated carbocycles. The summed E-state index contributed by atoms with van der Waals surface area (Å²) in [6.07, 6.45) is 4.46. The zero-order chi connectivity index (χ0) is 15.4. The number of hydrogen-bond acceptors (Lipinski definition) is 5. The Balaban J connectivity index is 2.12. The summed E-state index contributed by atoms with van der Waals surface area (Å²) in [5, 5.41) is 15.1. The average molecular weight is 303 g/mol. The molecule has 0 aliphatic carbocycles. The minimum Gasteiger partial charge on any atom is -0.299 e. The van der Waals surface area contributed by atoms with Crippen LogP contribution in [0.4, 0.5) is 5.69 Å². The van der Waals surface area contributed by atoms with Crippen molar-refractivity contribution in [2.45, 2.75) is 0 Å². The van der Waals surface area contributed by atoms with E-state index in [1.54, 1.807) is 18.2 Å². The van der Waals surface area contributed by atoms with Gasteiger partial charge in [0.1, 0.15) is 5.57 Å². The third kappa shape index (κ3) is 3.57. The molecule has 1 heterocycles. The first-order chi connectivity index (χ1) is 9.97. The van der Waals surface area contributed by atoms with Gasteiger partial charge in [-0.3, -0.25) is 30.3 Å². The van der Waals surface area contributed by atoms with Gasteiger partial charge in [0.15, 0.2) is 5.11 Å². The van der Waals surface area contributed by atoms with Crippen molar-refractivity contribution in [1.82, 2.24) is 10.6 Å². The van der Waals surface area contributed by atoms with Crippen LogP contribution in [0.15, 0.2) is 42.0 Å². The number of hydrogen-bond donors (Lipinski definition) is 2. The molecule has 21 heavy (non-hydrogen) atoms. The number of carbonyl (C=O) groups is 2. The van der Waals surface area contributed by atoms with Gasteiger partial charge in [-0.2, -0.15) is 0 Å². The maximum absolute atomic E-state index is 11.5. The van der Waals surface area contributed by atoms with Crippen LogP contribution in [0.3, 0.4) is 0 Å². The number of non-ortho nitro benzene ring substituents is 1. The van der Waals surface area contributed by atoms with Crippen molar-refractivity contribution in [3.05, 3.63) is 57.7 Å². The number of thiocarbonyl (C=S) groups is 1. The van der Waals surface area contributed by atoms with Gasteiger partial charge in [0.25, 0.3) is 17.5 Å². The molecule has 1 aliphatic heterocycles. The van der Waals surface area contributed by atoms with Gasteiger partial charge >= 0.3 is 0 Å². The number of carbonyl (C=O) groups excluding carboxylic acids is 2. The lowest BCUT2D eigenvalue weighted by Gasteiger charge is -2.15. The van der Waals surface area contributed by atoms with Crippen molar-refractivity contribution in [3.63, 3.8) is 0 Å². The lowest BCUT2D eigenvalue weighted by Crippen LogP contribution is -2.51. The molecule has 1 aromatic rings. The van der Waals surface area contributed by atoms with Crippen LogP contribution in [0.2, 0.25) is 0 Å². The van der Waals surface area contributed by atoms with Crippen molar-refractivity contribution in [1.29, 1.82) is 0 Å². The van der Waals surface area contributed by atoms with Gasteiger partial charge in [-0.15, -0.1) is 0 Å². The fourth-order valence-electron chi connectivity index (χ4n) is 1.59. The second-order valence-corrected chi connectivity index (χ2v) is 4.43. The number of nitrogens with one attached hydrogen (secondary N) is 2. The summed E-state index contributed by atoms with van der Waals surface area (Å²) in [6.45, 7) is 0. The van der Waals surface area contributed by atoms with Gasteiger partial charge < -0.3 is 0 Å². The van der Waals surface area contributed by atoms with Crippen molar-refractivity contribution in [2.75, 3.05) is 0 Å². The molecule has 2 N–H and O–H groups in total. The number of nitrogens with zero attached hydrogens (tertiary/aromatic N) is 1. The van der Waals surface area contributed by atoms with Crippen molar-refractivity contribution in [3.8, 4) is 0 Å². The monoisotopic (exact) mass is 303 g/mol. The molecule has 7 nitrogen and oxygen atoms in total. The molecule has 2 amide bonds. The number of nitro benzene ring substituents is 1. The van der Waals surface area contributed by atoms with E-state index in [0.717, 1.165) is 0 Å². The normalized spacial score (nSPS) is 14.9. The molecule has 106 valence electrons. The van der Waals surface area contributed by atoms with Gasteiger partial charge in [-0.25, -0.2) is 0 Å². The molecule has 1 fully saturated rings. The molecule has 2 rings (SSSR count). The Morgan fingerprint density at radius 3 is 2.19 bits per heavy atom. The van der Waals surface area contributed by atoms with E-state index < -0.39 is 16.7 Å². The van der Waals surface area contributed by atoms with Gasteiger partial charge in [-0.05, 0) is 36.0 Å². The molecule has 1 aromatic carbocycles. The molecular weight excluding hydrogens is 294 g/mol. The Morgan fingerprint density at radius 2 is 1.67 bits per heavy atom. The summed E-state index contributed by atoms with van der Waals surface area (Å²) in [5.41, 5.74) is 0.622. The second kappa shape index (κ2) is 6.06. The zero-order valence-electron chi connectivity index (χ0n) is 10.5. The largest absolute Gasteiger partial charge is 0.299 e. The summed E-state index contributed by atoms with van der Waals surface area (Å²) in [6, 6.07) is 5.85. The van der Waals surface area contributed by atoms with Crippen LogP contribution in [0.1, 0.15) is 5.56 Å². The Morgan fingerprint density at radius 1 is 1.10 bits per heavy atom. The molecule has 0 atom stereocenters. The van der Waals surface area contributed by atoms with Crippen molar-refractivity contribution >= 4 is 40.9 Å². The highest BCUT2D eigenvalue weighted by Gasteiger charge is 2.24. The van der Waals surface area contributed by atoms with Crippen LogP contribution in [0.25, 0.3) is 6.08 Å². The van der Waals surface area contributed by atoms with Gasteiger partial charge in [0, 0.05) is 12.1 Å². The van der Waals surface area contributed by atoms with Crippen molar-refractivity contribution in [2.24, 2.45) is 0 Å². The maximum Gasteiger partial charge on any atom is 0.269 e. The van der Waals surface area contributed by atoms with Gasteiger partial charge in [0.05, 0.1) is 4.92 Å². The predicted molar refractivity (Wildman–Crippen MR) is 79.1 cm³/mol. The third-order valence-electron chi connectivity index (χ3n) is 2.60. The first-order valence-electron chi connectivity index (χ1n) is 5.77. The molecule has 0 spiro atoms. The SMILES string of the molecule is O=C1NC(=S)NC(=O)C1=C/C=C/c1ccc([N+](=O)[O-])cc1. The summed E-state index contributed by atoms with van der Waals surface area (Å²) in [4.78, 5) is 33.1. The minimum atomic E-state index is -0.572. The average Bonchev–Trinajstić information content (AvgIpc) is 2.42. The number of nitro groups is 1. The van der Waals surface area contributed by atoms with E-state index in [1.165, 1.54) is 24.3 Å². The Labute approximate surface area is 124 Å². The molecule has 0 bridgehead atoms. The van der Waals surface area contributed by atoms with E-state index in [9.17, 15) is 19.7 Å². The lowest BCUT2D eigenvalue weighted by atomic mass is 10.1. The first kappa shape index (κ1) is 14.5. The number of rotatable bonds is 3. The fourth-order valence-corrected chi connectivity index (χ4v) is 1.77. The van der Waals surface area contributed by atoms with E-state index in [-0.39, 0.29) is 16.4 Å². The molecule has 0 unspecified atom stereocenters. The fraction of sp³-hybridized carbons (Fsp3) is 0. The minimum absolute atomic E-state index is 0.00921. The molecule has 1 aliphatic rings. The highest BCUT2D eigenvalue weighted by molar-refractivity contribution is 7.80. The second-order valence-electron chi connectivity index (χ2n) is 4.03. The zero-order valence-corrected chi connectivity index (χ0v) is 11.3. The van der Waals surface area contributed by atoms with Crippen LogP contribution in [-0.2, 0) is 9.59 Å². The Bertz CT molecular complexity index is 670. The first-order valence-corrected chi connectivity index (χ1v) is 6.17. The smallest absolute Gasteiger partial charge is 0.269 e. The topological polar surface area (TPSA) is 101 Å². The maximum atomic E-state index is 11.5. The Kier molecular flexibility index (Phi) is 4.19.